The van der Waals surface area contributed by atoms with E-state index in [-0.39, 0.29) is 0 Å². The predicted octanol–water partition coefficient (Wildman–Crippen LogP) is 7.03. The number of hydrogen-bond donors (Lipinski definition) is 2. The van der Waals surface area contributed by atoms with E-state index in [1.54, 1.807) is 24.2 Å². The normalized spacial score (nSPS) is 10.6. The number of carboxylic acid groups (broad SMARTS) is 1. The van der Waals surface area contributed by atoms with Crippen molar-refractivity contribution >= 4 is 29.2 Å². The SMILES string of the molecule is CSc1cccc(-c2cccnc2Oc2ccc(Nc3ccccn3)cc2)c1.O=C(O)C(F)(F)F. The molecule has 4 aromatic rings. The highest BCUT2D eigenvalue weighted by Crippen LogP contribution is 2.33. The van der Waals surface area contributed by atoms with E-state index in [0.29, 0.717) is 5.88 Å². The third kappa shape index (κ3) is 7.75. The molecule has 0 aliphatic heterocycles. The Labute approximate surface area is 203 Å². The molecule has 0 radical (unpaired) electrons. The fourth-order valence-electron chi connectivity index (χ4n) is 2.78. The molecule has 0 aliphatic carbocycles. The molecule has 10 heteroatoms. The summed E-state index contributed by atoms with van der Waals surface area (Å²) in [5, 5.41) is 10.4. The zero-order valence-electron chi connectivity index (χ0n) is 18.4. The summed E-state index contributed by atoms with van der Waals surface area (Å²) in [5.74, 6) is -0.636. The highest BCUT2D eigenvalue weighted by atomic mass is 32.2. The van der Waals surface area contributed by atoms with Crippen molar-refractivity contribution in [2.75, 3.05) is 11.6 Å². The van der Waals surface area contributed by atoms with Gasteiger partial charge in [-0.2, -0.15) is 13.2 Å². The van der Waals surface area contributed by atoms with Gasteiger partial charge in [0.25, 0.3) is 0 Å². The number of alkyl halides is 3. The lowest BCUT2D eigenvalue weighted by Crippen LogP contribution is -2.21. The number of aliphatic carboxylic acids is 1. The van der Waals surface area contributed by atoms with Crippen molar-refractivity contribution in [3.8, 4) is 22.8 Å². The van der Waals surface area contributed by atoms with Gasteiger partial charge in [-0.1, -0.05) is 18.2 Å². The molecule has 0 aliphatic rings. The molecule has 0 atom stereocenters. The van der Waals surface area contributed by atoms with Gasteiger partial charge < -0.3 is 15.2 Å². The fraction of sp³-hybridized carbons (Fsp3) is 0.0800. The summed E-state index contributed by atoms with van der Waals surface area (Å²) in [7, 11) is 0. The number of anilines is 2. The van der Waals surface area contributed by atoms with Gasteiger partial charge in [0.15, 0.2) is 0 Å². The highest BCUT2D eigenvalue weighted by molar-refractivity contribution is 7.98. The first-order chi connectivity index (χ1) is 16.8. The highest BCUT2D eigenvalue weighted by Gasteiger charge is 2.38. The van der Waals surface area contributed by atoms with Crippen LogP contribution < -0.4 is 10.1 Å². The molecule has 6 nitrogen and oxygen atoms in total. The van der Waals surface area contributed by atoms with Gasteiger partial charge in [0.05, 0.1) is 0 Å². The van der Waals surface area contributed by atoms with Crippen molar-refractivity contribution in [2.24, 2.45) is 0 Å². The van der Waals surface area contributed by atoms with E-state index < -0.39 is 12.1 Å². The Morgan fingerprint density at radius 2 is 1.66 bits per heavy atom. The number of pyridine rings is 2. The number of thioether (sulfide) groups is 1. The maximum atomic E-state index is 10.6. The molecule has 0 amide bonds. The van der Waals surface area contributed by atoms with E-state index in [9.17, 15) is 13.2 Å². The second kappa shape index (κ2) is 11.9. The molecule has 2 aromatic heterocycles. The van der Waals surface area contributed by atoms with Crippen LogP contribution >= 0.6 is 11.8 Å². The number of aromatic nitrogens is 2. The largest absolute Gasteiger partial charge is 0.490 e. The number of ether oxygens (including phenoxy) is 1. The first-order valence-corrected chi connectivity index (χ1v) is 11.3. The number of benzene rings is 2. The van der Waals surface area contributed by atoms with Gasteiger partial charge in [0, 0.05) is 28.5 Å². The van der Waals surface area contributed by atoms with Crippen LogP contribution in [0, 0.1) is 0 Å². The molecule has 180 valence electrons. The number of carbonyl (C=O) groups is 1. The van der Waals surface area contributed by atoms with Gasteiger partial charge in [0.2, 0.25) is 5.88 Å². The van der Waals surface area contributed by atoms with E-state index in [1.807, 2.05) is 54.6 Å². The first-order valence-electron chi connectivity index (χ1n) is 10.1. The molecule has 0 saturated heterocycles. The summed E-state index contributed by atoms with van der Waals surface area (Å²) in [4.78, 5) is 18.8. The topological polar surface area (TPSA) is 84.3 Å². The van der Waals surface area contributed by atoms with Crippen molar-refractivity contribution in [1.82, 2.24) is 9.97 Å². The zero-order valence-corrected chi connectivity index (χ0v) is 19.2. The van der Waals surface area contributed by atoms with Crippen LogP contribution in [0.2, 0.25) is 0 Å². The second-order valence-electron chi connectivity index (χ2n) is 6.86. The minimum absolute atomic E-state index is 0.589. The minimum Gasteiger partial charge on any atom is -0.475 e. The van der Waals surface area contributed by atoms with E-state index in [0.717, 1.165) is 28.4 Å². The van der Waals surface area contributed by atoms with E-state index in [4.69, 9.17) is 14.6 Å². The summed E-state index contributed by atoms with van der Waals surface area (Å²) in [6, 6.07) is 25.8. The van der Waals surface area contributed by atoms with Crippen LogP contribution in [-0.4, -0.2) is 33.5 Å². The maximum absolute atomic E-state index is 10.6. The zero-order chi connectivity index (χ0) is 25.3. The van der Waals surface area contributed by atoms with Crippen LogP contribution in [-0.2, 0) is 4.79 Å². The molecule has 0 fully saturated rings. The summed E-state index contributed by atoms with van der Waals surface area (Å²) in [6.07, 6.45) is 0.489. The van der Waals surface area contributed by atoms with Crippen molar-refractivity contribution < 1.29 is 27.8 Å². The molecule has 35 heavy (non-hydrogen) atoms. The van der Waals surface area contributed by atoms with Gasteiger partial charge in [-0.15, -0.1) is 11.8 Å². The number of nitrogens with one attached hydrogen (secondary N) is 1. The van der Waals surface area contributed by atoms with Crippen LogP contribution in [0.5, 0.6) is 11.6 Å². The summed E-state index contributed by atoms with van der Waals surface area (Å²) < 4.78 is 37.8. The van der Waals surface area contributed by atoms with Crippen LogP contribution in [0.15, 0.2) is 96.2 Å². The fourth-order valence-corrected chi connectivity index (χ4v) is 3.24. The Morgan fingerprint density at radius 1 is 0.943 bits per heavy atom. The van der Waals surface area contributed by atoms with Gasteiger partial charge in [-0.25, -0.2) is 14.8 Å². The minimum atomic E-state index is -5.08. The first kappa shape index (κ1) is 25.6. The predicted molar refractivity (Wildman–Crippen MR) is 129 cm³/mol. The van der Waals surface area contributed by atoms with Gasteiger partial charge in [0.1, 0.15) is 11.6 Å². The van der Waals surface area contributed by atoms with Crippen LogP contribution in [0.4, 0.5) is 24.7 Å². The summed E-state index contributed by atoms with van der Waals surface area (Å²) >= 11 is 1.72. The average Bonchev–Trinajstić information content (AvgIpc) is 2.86. The van der Waals surface area contributed by atoms with E-state index in [2.05, 4.69) is 45.8 Å². The third-order valence-electron chi connectivity index (χ3n) is 4.40. The van der Waals surface area contributed by atoms with Gasteiger partial charge in [-0.05, 0) is 72.5 Å². The quantitative estimate of drug-likeness (QED) is 0.275. The van der Waals surface area contributed by atoms with Crippen molar-refractivity contribution in [3.63, 3.8) is 0 Å². The molecule has 0 unspecified atom stereocenters. The van der Waals surface area contributed by atoms with E-state index in [1.165, 1.54) is 4.90 Å². The Bertz CT molecular complexity index is 1250. The van der Waals surface area contributed by atoms with Gasteiger partial charge >= 0.3 is 12.1 Å². The van der Waals surface area contributed by atoms with Gasteiger partial charge in [-0.3, -0.25) is 0 Å². The number of nitrogens with zero attached hydrogens (tertiary/aromatic N) is 2. The molecular formula is C25H20F3N3O3S. The van der Waals surface area contributed by atoms with Crippen molar-refractivity contribution in [3.05, 3.63) is 91.3 Å². The molecule has 0 saturated carbocycles. The lowest BCUT2D eigenvalue weighted by Gasteiger charge is -2.11. The second-order valence-corrected chi connectivity index (χ2v) is 7.74. The number of rotatable bonds is 6. The van der Waals surface area contributed by atoms with Crippen LogP contribution in [0.3, 0.4) is 0 Å². The third-order valence-corrected chi connectivity index (χ3v) is 5.13. The monoisotopic (exact) mass is 499 g/mol. The molecule has 0 spiro atoms. The summed E-state index contributed by atoms with van der Waals surface area (Å²) in [5.41, 5.74) is 3.00. The standard InChI is InChI=1S/C23H19N3OS.C2HF3O2/c1-28-20-7-4-6-17(16-20)21-8-5-15-25-23(21)27-19-12-10-18(11-13-19)26-22-9-2-3-14-24-22;3-2(4,5)1(6)7/h2-16H,1H3,(H,24,26);(H,6,7). The molecule has 2 heterocycles. The van der Waals surface area contributed by atoms with E-state index >= 15 is 0 Å². The molecular weight excluding hydrogens is 479 g/mol. The Balaban J connectivity index is 0.000000429. The molecule has 0 bridgehead atoms. The molecule has 2 aromatic carbocycles. The Kier molecular flexibility index (Phi) is 8.69. The number of halogens is 3. The lowest BCUT2D eigenvalue weighted by atomic mass is 10.1. The smallest absolute Gasteiger partial charge is 0.475 e. The van der Waals surface area contributed by atoms with Crippen molar-refractivity contribution in [2.45, 2.75) is 11.1 Å². The lowest BCUT2D eigenvalue weighted by molar-refractivity contribution is -0.192. The number of hydrogen-bond acceptors (Lipinski definition) is 6. The summed E-state index contributed by atoms with van der Waals surface area (Å²) in [6.45, 7) is 0. The maximum Gasteiger partial charge on any atom is 0.490 e. The Morgan fingerprint density at radius 3 is 2.29 bits per heavy atom. The average molecular weight is 500 g/mol. The molecule has 4 rings (SSSR count). The van der Waals surface area contributed by atoms with Crippen LogP contribution in [0.1, 0.15) is 0 Å². The van der Waals surface area contributed by atoms with Crippen LogP contribution in [0.25, 0.3) is 11.1 Å². The van der Waals surface area contributed by atoms with Crippen molar-refractivity contribution in [1.29, 1.82) is 0 Å². The number of carboxylic acids is 1. The molecule has 2 N–H and O–H groups in total. The Hall–Kier alpha value is -4.05.